The Labute approximate surface area is 828 Å². The highest BCUT2D eigenvalue weighted by Gasteiger charge is 2.55. The van der Waals surface area contributed by atoms with Gasteiger partial charge in [-0.15, -0.1) is 11.3 Å². The minimum absolute atomic E-state index is 0.0141. The maximum absolute atomic E-state index is 13.5. The van der Waals surface area contributed by atoms with Gasteiger partial charge in [-0.25, -0.2) is 38.3 Å². The average Bonchev–Trinajstić information content (AvgIpc) is 1.28. The lowest BCUT2D eigenvalue weighted by Gasteiger charge is -2.50. The van der Waals surface area contributed by atoms with Gasteiger partial charge in [0.05, 0.1) is 23.1 Å². The number of anilines is 2. The number of carboxylic acids is 1. The van der Waals surface area contributed by atoms with Crippen LogP contribution in [0, 0.1) is 38.5 Å². The molecule has 9 aliphatic heterocycles. The number of alkyl halides is 1. The van der Waals surface area contributed by atoms with Crippen LogP contribution in [0.2, 0.25) is 27.6 Å². The van der Waals surface area contributed by atoms with E-state index >= 15 is 0 Å². The van der Waals surface area contributed by atoms with Gasteiger partial charge >= 0.3 is 106 Å². The number of imide groups is 4. The van der Waals surface area contributed by atoms with Crippen LogP contribution in [0.4, 0.5) is 33.8 Å². The Balaban J connectivity index is 0.000000169. The van der Waals surface area contributed by atoms with Crippen molar-refractivity contribution < 1.29 is 135 Å². The topological polar surface area (TPSA) is 644 Å². The second-order valence-corrected chi connectivity index (χ2v) is 38.3. The summed E-state index contributed by atoms with van der Waals surface area (Å²) in [7, 11) is -5.06. The number of aromatic carboxylic acids is 1. The summed E-state index contributed by atoms with van der Waals surface area (Å²) in [6, 6.07) is 14.0. The number of carboxylic acid groups (broad SMARTS) is 1. The number of fused-ring (bicyclic) bond motifs is 4. The number of carbonyl (C=O) groups excluding carboxylic acids is 16. The monoisotopic (exact) mass is 2020 g/mol. The van der Waals surface area contributed by atoms with Gasteiger partial charge in [-0.3, -0.25) is 77.1 Å². The number of nitrogens with two attached hydrogens (primary N) is 4. The lowest BCUT2D eigenvalue weighted by atomic mass is 9.61. The van der Waals surface area contributed by atoms with Crippen LogP contribution in [0.5, 0.6) is 23.0 Å². The number of aliphatic hydroxyl groups excluding tert-OH is 1. The molecule has 6 aromatic rings. The third kappa shape index (κ3) is 23.6. The highest BCUT2D eigenvalue weighted by atomic mass is 35.5. The highest BCUT2D eigenvalue weighted by Crippen LogP contribution is 2.45. The number of aryl methyl sites for hydroxylation is 4. The van der Waals surface area contributed by atoms with Crippen molar-refractivity contribution in [2.24, 2.45) is 22.3 Å². The fraction of sp³-hybridized carbons (Fsp3) is 0.472. The number of para-hydroxylation sites is 3. The minimum atomic E-state index is -1.51. The molecule has 5 fully saturated rings. The van der Waals surface area contributed by atoms with Crippen molar-refractivity contribution in [2.75, 3.05) is 136 Å². The number of halogens is 2. The first-order valence-corrected chi connectivity index (χ1v) is 48.0. The standard InChI is InChI=1S/C23H26BN5O8S.C22H24BClFN5O6S.C22H31BN4O7.C22H29BN4O6/c1-3-28-4-5-29(20(32)19(28)31)23(35)27-17(15-10-38-22(25)26-15)16(30)9-13-8-12-6-11(2)7-14(21(33)34)18(12)37-24(13)36;1-11-3-2-4-12-9-13(23(35)36-17(11)12)10-14(31)15(16-18(24)37-21(26)27-16)28-22(34)30-8-7-29(6-5-25)19(32)20(30)33;1-3-26-7-8-27(20(31)19(26)30)21(32)25-12-22(11-24,13-28)17(29)10-16-9-15-6-4-5-14(2)18(15)34-23(16)33;1-3-25-7-8-27(20(30)19(25)29)21(31)26-12-22(11-24,13-26)17(28)10-16-9-15-6-4-5-14(2)18(15)33-23(16)32/h6-7,10,13,17,36H,3-5,8-9H2,1-2H3,(H2,25,26)(H,27,35)(H,33,34);2-4,13,15,35H,5-10H2,1H3,(H2,26,27)(H,28,34);4-6,16,28,33H,3,7-13,24H2,1-2H3,(H,25,32);4-6,16,32H,3,7-13,24H2,1-2H3/t13-,17?;13-,15?;16-,22?;16-/m1111/s1. The molecule has 16 amide bonds. The summed E-state index contributed by atoms with van der Waals surface area (Å²) in [4.78, 5) is 232. The van der Waals surface area contributed by atoms with Gasteiger partial charge in [0.2, 0.25) is 0 Å². The third-order valence-corrected chi connectivity index (χ3v) is 28.3. The number of amides is 16. The van der Waals surface area contributed by atoms with Gasteiger partial charge in [-0.1, -0.05) is 83.6 Å². The number of rotatable bonds is 27. The van der Waals surface area contributed by atoms with E-state index in [-0.39, 0.29) is 160 Å². The maximum atomic E-state index is 13.5. The second-order valence-electron chi connectivity index (χ2n) is 35.8. The van der Waals surface area contributed by atoms with E-state index in [0.717, 1.165) is 75.7 Å². The number of aliphatic hydroxyl groups is 1. The predicted molar refractivity (Wildman–Crippen MR) is 512 cm³/mol. The first-order valence-electron chi connectivity index (χ1n) is 45.9. The molecule has 9 aliphatic rings. The lowest BCUT2D eigenvalue weighted by Crippen LogP contribution is -2.69. The van der Waals surface area contributed by atoms with E-state index in [4.69, 9.17) is 53.2 Å². The number of hydrogen-bond acceptors (Lipinski definition) is 34. The molecule has 4 aromatic carbocycles. The highest BCUT2D eigenvalue weighted by molar-refractivity contribution is 7.19. The Hall–Kier alpha value is -13.1. The Morgan fingerprint density at radius 3 is 1.38 bits per heavy atom. The van der Waals surface area contributed by atoms with Crippen LogP contribution in [-0.2, 0) is 83.2 Å². The van der Waals surface area contributed by atoms with Crippen molar-refractivity contribution in [3.8, 4) is 23.0 Å². The summed E-state index contributed by atoms with van der Waals surface area (Å²) >= 11 is 8.19. The number of piperazine rings is 4. The SMILES string of the molecule is CCN1CCN(C(=O)N2CC(CN)(C(=O)C[C@H]3Cc4cccc(C)c4OB3O)C2)C(=O)C1=O.CCN1CCN(C(=O)NC(C(=O)C[C@H]2Cc3cc(C)cc(C(=O)O)c3OB2O)c2csc(N)n2)C(=O)C1=O.CCN1CCN(C(=O)NCC(CN)(CO)C(=O)C[C@H]2Cc3cccc(C)c3OB2O)C(=O)C1=O.Cc1cccc2c1OB(O)[C@@H](CC(=O)C(NC(=O)N1CCN(CCF)C(=O)C1=O)c1nc(N)sc1Cl)C2. The summed E-state index contributed by atoms with van der Waals surface area (Å²) < 4.78 is 35.2. The van der Waals surface area contributed by atoms with E-state index < -0.39 is 183 Å². The Morgan fingerprint density at radius 2 is 0.958 bits per heavy atom. The lowest BCUT2D eigenvalue weighted by molar-refractivity contribution is -0.154. The summed E-state index contributed by atoms with van der Waals surface area (Å²) in [6.07, 6.45) is 0.860. The number of nitrogens with zero attached hydrogens (tertiary/aromatic N) is 11. The fourth-order valence-electron chi connectivity index (χ4n) is 18.1. The van der Waals surface area contributed by atoms with Gasteiger partial charge in [0.1, 0.15) is 68.9 Å². The molecule has 0 radical (unpaired) electrons. The minimum Gasteiger partial charge on any atom is -0.536 e. The normalized spacial score (nSPS) is 19.5. The van der Waals surface area contributed by atoms with Crippen LogP contribution in [0.25, 0.3) is 0 Å². The van der Waals surface area contributed by atoms with Crippen LogP contribution in [0.15, 0.2) is 72.1 Å². The van der Waals surface area contributed by atoms with E-state index in [1.807, 2.05) is 75.4 Å². The van der Waals surface area contributed by atoms with Crippen molar-refractivity contribution in [2.45, 2.75) is 135 Å². The van der Waals surface area contributed by atoms with Crippen LogP contribution >= 0.6 is 34.3 Å². The van der Waals surface area contributed by atoms with Crippen LogP contribution in [0.3, 0.4) is 0 Å². The number of nitrogens with one attached hydrogen (secondary N) is 3. The van der Waals surface area contributed by atoms with Crippen LogP contribution < -0.4 is 57.5 Å². The van der Waals surface area contributed by atoms with E-state index in [1.165, 1.54) is 31.0 Å². The third-order valence-electron chi connectivity index (χ3n) is 26.5. The Kier molecular flexibility index (Phi) is 35.2. The number of likely N-dealkylation sites (tertiary alicyclic amines) is 1. The molecule has 0 saturated carbocycles. The smallest absolute Gasteiger partial charge is 0.526 e. The average molecular weight is 2030 g/mol. The van der Waals surface area contributed by atoms with Gasteiger partial charge in [0.25, 0.3) is 0 Å². The van der Waals surface area contributed by atoms with Crippen molar-refractivity contribution in [1.82, 2.24) is 70.0 Å². The molecule has 0 bridgehead atoms. The molecule has 45 nitrogen and oxygen atoms in total. The number of hydrogen-bond donors (Lipinski definition) is 13. The Bertz CT molecular complexity index is 5920. The summed E-state index contributed by atoms with van der Waals surface area (Å²) in [5.41, 5.74) is 27.4. The van der Waals surface area contributed by atoms with Gasteiger partial charge in [-0.2, -0.15) is 0 Å². The number of likely N-dealkylation sites (N-methyl/N-ethyl adjacent to an activating group) is 3. The number of Topliss-reactive ketones (excluding diaryl/α,β-unsaturated/α-hetero) is 4. The second kappa shape index (κ2) is 46.3. The zero-order valence-corrected chi connectivity index (χ0v) is 81.2. The molecule has 142 heavy (non-hydrogen) atoms. The largest absolute Gasteiger partial charge is 0.536 e. The zero-order valence-electron chi connectivity index (χ0n) is 78.9. The summed E-state index contributed by atoms with van der Waals surface area (Å²) in [6.45, 7) is 12.1. The number of aromatic nitrogens is 2. The van der Waals surface area contributed by atoms with E-state index in [0.29, 0.717) is 78.7 Å². The molecule has 17 N–H and O–H groups in total. The molecule has 2 aromatic heterocycles. The Morgan fingerprint density at radius 1 is 0.542 bits per heavy atom. The van der Waals surface area contributed by atoms with Gasteiger partial charge < -0.3 is 112 Å². The molecular weight excluding hydrogens is 1910 g/mol. The fourth-order valence-corrected chi connectivity index (χ4v) is 19.6. The molecule has 7 atom stereocenters. The number of urea groups is 4. The predicted octanol–water partition coefficient (Wildman–Crippen LogP) is 1.03. The van der Waals surface area contributed by atoms with Gasteiger partial charge in [-0.05, 0) is 125 Å². The zero-order chi connectivity index (χ0) is 104. The molecule has 0 spiro atoms. The molecular formula is C89H110B4ClFN18O27S2. The molecule has 756 valence electrons. The first kappa shape index (κ1) is 108. The summed E-state index contributed by atoms with van der Waals surface area (Å²) in [5.74, 6) is -10.6. The molecule has 15 rings (SSSR count). The molecule has 3 unspecified atom stereocenters. The van der Waals surface area contributed by atoms with Crippen LogP contribution in [-0.4, -0.2) is 338 Å². The van der Waals surface area contributed by atoms with E-state index in [9.17, 15) is 116 Å². The van der Waals surface area contributed by atoms with E-state index in [1.54, 1.807) is 33.8 Å². The quantitative estimate of drug-likeness (QED) is 0.0253. The molecule has 5 saturated heterocycles. The van der Waals surface area contributed by atoms with E-state index in [2.05, 4.69) is 25.9 Å². The van der Waals surface area contributed by atoms with Crippen LogP contribution in [0.1, 0.15) is 125 Å². The number of benzene rings is 4. The number of ketones is 4. The van der Waals surface area contributed by atoms with Crippen molar-refractivity contribution in [1.29, 1.82) is 0 Å². The van der Waals surface area contributed by atoms with Gasteiger partial charge in [0, 0.05) is 166 Å². The van der Waals surface area contributed by atoms with Crippen molar-refractivity contribution in [3.05, 3.63) is 138 Å². The maximum Gasteiger partial charge on any atom is 0.526 e. The first-order chi connectivity index (χ1) is 67.5. The number of thiazole rings is 2. The number of carbonyl (C=O) groups is 17. The van der Waals surface area contributed by atoms with Crippen molar-refractivity contribution in [3.63, 3.8) is 0 Å². The molecule has 53 heteroatoms. The number of nitrogen functional groups attached to an aromatic ring is 2. The van der Waals surface area contributed by atoms with Crippen molar-refractivity contribution >= 4 is 173 Å². The molecule has 11 heterocycles. The van der Waals surface area contributed by atoms with Gasteiger partial charge in [0.15, 0.2) is 21.8 Å². The molecule has 0 aliphatic carbocycles. The summed E-state index contributed by atoms with van der Waals surface area (Å²) in [5, 5.41) is 70.8.